The van der Waals surface area contributed by atoms with Crippen LogP contribution in [0.2, 0.25) is 0 Å². The largest absolute Gasteiger partial charge is 0.374 e. The van der Waals surface area contributed by atoms with E-state index in [0.717, 1.165) is 32.4 Å². The summed E-state index contributed by atoms with van der Waals surface area (Å²) in [5.41, 5.74) is 1.19. The number of nitrogens with zero attached hydrogens (tertiary/aromatic N) is 3. The van der Waals surface area contributed by atoms with Gasteiger partial charge < -0.3 is 9.64 Å². The molecule has 5 heteroatoms. The molecule has 0 bridgehead atoms. The Hall–Kier alpha value is -1.62. The molecule has 2 atom stereocenters. The van der Waals surface area contributed by atoms with Gasteiger partial charge in [-0.15, -0.1) is 6.58 Å². The second-order valence-electron chi connectivity index (χ2n) is 6.04. The van der Waals surface area contributed by atoms with E-state index in [-0.39, 0.29) is 12.0 Å². The number of ether oxygens (including phenoxy) is 1. The third-order valence-corrected chi connectivity index (χ3v) is 4.46. The van der Waals surface area contributed by atoms with Crippen LogP contribution in [0.3, 0.4) is 0 Å². The van der Waals surface area contributed by atoms with Crippen LogP contribution in [0.4, 0.5) is 0 Å². The van der Waals surface area contributed by atoms with Crippen molar-refractivity contribution < 1.29 is 9.53 Å². The summed E-state index contributed by atoms with van der Waals surface area (Å²) in [6, 6.07) is 0. The van der Waals surface area contributed by atoms with E-state index in [9.17, 15) is 4.79 Å². The molecule has 0 aromatic carbocycles. The normalized spacial score (nSPS) is 25.9. The molecule has 0 radical (unpaired) electrons. The van der Waals surface area contributed by atoms with E-state index in [0.29, 0.717) is 18.4 Å². The van der Waals surface area contributed by atoms with Gasteiger partial charge in [0.25, 0.3) is 0 Å². The van der Waals surface area contributed by atoms with Crippen molar-refractivity contribution in [2.75, 3.05) is 19.7 Å². The first-order valence-corrected chi connectivity index (χ1v) is 7.69. The Labute approximate surface area is 125 Å². The average Bonchev–Trinajstić information content (AvgIpc) is 3.19. The van der Waals surface area contributed by atoms with Gasteiger partial charge in [-0.2, -0.15) is 5.10 Å². The molecule has 21 heavy (non-hydrogen) atoms. The van der Waals surface area contributed by atoms with Gasteiger partial charge in [0.15, 0.2) is 0 Å². The number of hydrogen-bond donors (Lipinski definition) is 0. The van der Waals surface area contributed by atoms with Crippen molar-refractivity contribution in [3.63, 3.8) is 0 Å². The van der Waals surface area contributed by atoms with Gasteiger partial charge in [-0.3, -0.25) is 9.48 Å². The number of rotatable bonds is 5. The van der Waals surface area contributed by atoms with E-state index in [2.05, 4.69) is 11.7 Å². The molecule has 1 saturated heterocycles. The van der Waals surface area contributed by atoms with Crippen LogP contribution in [-0.2, 0) is 16.6 Å². The number of carbonyl (C=O) groups excluding carboxylic acids is 1. The maximum atomic E-state index is 12.5. The van der Waals surface area contributed by atoms with E-state index in [1.54, 1.807) is 10.8 Å². The van der Waals surface area contributed by atoms with Crippen LogP contribution >= 0.6 is 0 Å². The highest BCUT2D eigenvalue weighted by atomic mass is 16.5. The lowest BCUT2D eigenvalue weighted by molar-refractivity contribution is -0.135. The number of aromatic nitrogens is 2. The van der Waals surface area contributed by atoms with Crippen LogP contribution in [-0.4, -0.2) is 46.4 Å². The van der Waals surface area contributed by atoms with Crippen molar-refractivity contribution in [3.05, 3.63) is 30.6 Å². The summed E-state index contributed by atoms with van der Waals surface area (Å²) in [6.07, 6.45) is 8.80. The van der Waals surface area contributed by atoms with E-state index >= 15 is 0 Å². The summed E-state index contributed by atoms with van der Waals surface area (Å²) < 4.78 is 7.47. The fourth-order valence-electron chi connectivity index (χ4n) is 3.15. The highest BCUT2D eigenvalue weighted by Gasteiger charge is 2.46. The SMILES string of the molecule is C=CCOC1CCN(C(=O)[C@@H]2C[C@H]2c2cnn(C)c2)CC1. The van der Waals surface area contributed by atoms with Gasteiger partial charge in [0.2, 0.25) is 5.91 Å². The molecule has 114 valence electrons. The molecule has 2 aliphatic rings. The molecule has 0 spiro atoms. The zero-order chi connectivity index (χ0) is 14.8. The maximum Gasteiger partial charge on any atom is 0.226 e. The molecule has 5 nitrogen and oxygen atoms in total. The molecule has 2 fully saturated rings. The van der Waals surface area contributed by atoms with Gasteiger partial charge in [-0.25, -0.2) is 0 Å². The summed E-state index contributed by atoms with van der Waals surface area (Å²) in [6.45, 7) is 5.90. The second kappa shape index (κ2) is 6.02. The van der Waals surface area contributed by atoms with Gasteiger partial charge in [0.05, 0.1) is 18.9 Å². The lowest BCUT2D eigenvalue weighted by atomic mass is 10.1. The summed E-state index contributed by atoms with van der Waals surface area (Å²) in [7, 11) is 1.91. The van der Waals surface area contributed by atoms with Crippen molar-refractivity contribution in [1.29, 1.82) is 0 Å². The van der Waals surface area contributed by atoms with E-state index < -0.39 is 0 Å². The number of likely N-dealkylation sites (tertiary alicyclic amines) is 1. The third-order valence-electron chi connectivity index (χ3n) is 4.46. The van der Waals surface area contributed by atoms with Crippen LogP contribution in [0.1, 0.15) is 30.7 Å². The third kappa shape index (κ3) is 3.18. The summed E-state index contributed by atoms with van der Waals surface area (Å²) in [5, 5.41) is 4.19. The first kappa shape index (κ1) is 14.3. The van der Waals surface area contributed by atoms with Crippen LogP contribution in [0.5, 0.6) is 0 Å². The van der Waals surface area contributed by atoms with Crippen LogP contribution < -0.4 is 0 Å². The van der Waals surface area contributed by atoms with Crippen molar-refractivity contribution in [2.24, 2.45) is 13.0 Å². The molecule has 3 rings (SSSR count). The molecule has 2 heterocycles. The van der Waals surface area contributed by atoms with Gasteiger partial charge in [-0.05, 0) is 30.7 Å². The fourth-order valence-corrected chi connectivity index (χ4v) is 3.15. The van der Waals surface area contributed by atoms with Crippen LogP contribution in [0, 0.1) is 5.92 Å². The molecule has 1 saturated carbocycles. The predicted molar refractivity (Wildman–Crippen MR) is 79.8 cm³/mol. The molecular formula is C16H23N3O2. The monoisotopic (exact) mass is 289 g/mol. The highest BCUT2D eigenvalue weighted by molar-refractivity contribution is 5.83. The van der Waals surface area contributed by atoms with Crippen molar-refractivity contribution in [2.45, 2.75) is 31.3 Å². The van der Waals surface area contributed by atoms with Crippen molar-refractivity contribution in [1.82, 2.24) is 14.7 Å². The Kier molecular flexibility index (Phi) is 4.10. The van der Waals surface area contributed by atoms with Crippen LogP contribution in [0.15, 0.2) is 25.0 Å². The van der Waals surface area contributed by atoms with Gasteiger partial charge >= 0.3 is 0 Å². The number of aryl methyl sites for hydroxylation is 1. The van der Waals surface area contributed by atoms with Crippen molar-refractivity contribution >= 4 is 5.91 Å². The minimum atomic E-state index is 0.167. The molecule has 0 unspecified atom stereocenters. The molecule has 1 aromatic rings. The van der Waals surface area contributed by atoms with Gasteiger partial charge in [0, 0.05) is 32.3 Å². The standard InChI is InChI=1S/C16H23N3O2/c1-3-8-21-13-4-6-19(7-5-13)16(20)15-9-14(15)12-10-17-18(2)11-12/h3,10-11,13-15H,1,4-9H2,2H3/t14-,15+/m0/s1. The quantitative estimate of drug-likeness (QED) is 0.775. The first-order chi connectivity index (χ1) is 10.2. The predicted octanol–water partition coefficient (Wildman–Crippen LogP) is 1.72. The number of amides is 1. The molecule has 1 aromatic heterocycles. The number of carbonyl (C=O) groups is 1. The first-order valence-electron chi connectivity index (χ1n) is 7.69. The zero-order valence-electron chi connectivity index (χ0n) is 12.6. The highest BCUT2D eigenvalue weighted by Crippen LogP contribution is 2.48. The molecule has 1 aliphatic carbocycles. The summed E-state index contributed by atoms with van der Waals surface area (Å²) in [4.78, 5) is 14.5. The Bertz CT molecular complexity index is 517. The van der Waals surface area contributed by atoms with E-state index in [1.165, 1.54) is 5.56 Å². The molecule has 1 amide bonds. The minimum Gasteiger partial charge on any atom is -0.374 e. The minimum absolute atomic E-state index is 0.167. The summed E-state index contributed by atoms with van der Waals surface area (Å²) in [5.74, 6) is 0.854. The Morgan fingerprint density at radius 3 is 2.90 bits per heavy atom. The van der Waals surface area contributed by atoms with Gasteiger partial charge in [0.1, 0.15) is 0 Å². The fraction of sp³-hybridized carbons (Fsp3) is 0.625. The second-order valence-corrected chi connectivity index (χ2v) is 6.04. The van der Waals surface area contributed by atoms with E-state index in [1.807, 2.05) is 24.3 Å². The van der Waals surface area contributed by atoms with E-state index in [4.69, 9.17) is 4.74 Å². The van der Waals surface area contributed by atoms with Crippen LogP contribution in [0.25, 0.3) is 0 Å². The molecule has 0 N–H and O–H groups in total. The zero-order valence-corrected chi connectivity index (χ0v) is 12.6. The lowest BCUT2D eigenvalue weighted by Crippen LogP contribution is -2.41. The Morgan fingerprint density at radius 2 is 2.29 bits per heavy atom. The average molecular weight is 289 g/mol. The Balaban J connectivity index is 1.48. The topological polar surface area (TPSA) is 47.4 Å². The smallest absolute Gasteiger partial charge is 0.226 e. The number of piperidine rings is 1. The molecular weight excluding hydrogens is 266 g/mol. The summed E-state index contributed by atoms with van der Waals surface area (Å²) >= 11 is 0. The van der Waals surface area contributed by atoms with Crippen molar-refractivity contribution in [3.8, 4) is 0 Å². The van der Waals surface area contributed by atoms with Gasteiger partial charge in [-0.1, -0.05) is 6.08 Å². The molecule has 1 aliphatic heterocycles. The lowest BCUT2D eigenvalue weighted by Gasteiger charge is -2.32. The Morgan fingerprint density at radius 1 is 1.52 bits per heavy atom. The number of hydrogen-bond acceptors (Lipinski definition) is 3. The maximum absolute atomic E-state index is 12.5.